The molecule has 0 aliphatic heterocycles. The fourth-order valence-electron chi connectivity index (χ4n) is 1.65. The standard InChI is InChI=1S/C12H10BrClFNS/c1-16-11(12-9(14)4-5-17-12)7-2-3-8(13)10(15)6-7/h2-6,11,16H,1H3. The summed E-state index contributed by atoms with van der Waals surface area (Å²) in [6.07, 6.45) is 0. The van der Waals surface area contributed by atoms with Gasteiger partial charge in [0.05, 0.1) is 15.5 Å². The Morgan fingerprint density at radius 3 is 2.71 bits per heavy atom. The molecule has 1 aromatic heterocycles. The first-order valence-corrected chi connectivity index (χ1v) is 7.03. The van der Waals surface area contributed by atoms with E-state index in [1.165, 1.54) is 6.07 Å². The molecule has 90 valence electrons. The van der Waals surface area contributed by atoms with Crippen LogP contribution in [0.2, 0.25) is 5.02 Å². The van der Waals surface area contributed by atoms with Gasteiger partial charge in [-0.3, -0.25) is 0 Å². The fourth-order valence-corrected chi connectivity index (χ4v) is 3.20. The number of thiophene rings is 1. The Kier molecular flexibility index (Phi) is 4.20. The Morgan fingerprint density at radius 2 is 2.18 bits per heavy atom. The predicted octanol–water partition coefficient (Wildman–Crippen LogP) is 4.61. The Morgan fingerprint density at radius 1 is 1.41 bits per heavy atom. The van der Waals surface area contributed by atoms with Crippen molar-refractivity contribution < 1.29 is 4.39 Å². The van der Waals surface area contributed by atoms with Gasteiger partial charge in [0.15, 0.2) is 0 Å². The molecule has 2 aromatic rings. The van der Waals surface area contributed by atoms with Crippen molar-refractivity contribution in [2.45, 2.75) is 6.04 Å². The van der Waals surface area contributed by atoms with Crippen molar-refractivity contribution in [3.8, 4) is 0 Å². The molecular weight excluding hydrogens is 325 g/mol. The minimum absolute atomic E-state index is 0.0786. The van der Waals surface area contributed by atoms with Crippen LogP contribution in [0.1, 0.15) is 16.5 Å². The van der Waals surface area contributed by atoms with Crippen LogP contribution < -0.4 is 5.32 Å². The van der Waals surface area contributed by atoms with Gasteiger partial charge in [-0.05, 0) is 52.1 Å². The minimum atomic E-state index is -0.268. The molecule has 0 saturated heterocycles. The molecular formula is C12H10BrClFNS. The smallest absolute Gasteiger partial charge is 0.137 e. The zero-order chi connectivity index (χ0) is 12.4. The van der Waals surface area contributed by atoms with Gasteiger partial charge in [-0.25, -0.2) is 4.39 Å². The number of nitrogens with one attached hydrogen (secondary N) is 1. The third-order valence-electron chi connectivity index (χ3n) is 2.47. The number of benzene rings is 1. The second-order valence-electron chi connectivity index (χ2n) is 3.53. The molecule has 1 nitrogen and oxygen atoms in total. The van der Waals surface area contributed by atoms with Gasteiger partial charge in [-0.1, -0.05) is 17.7 Å². The van der Waals surface area contributed by atoms with E-state index in [1.807, 2.05) is 24.6 Å². The van der Waals surface area contributed by atoms with Crippen LogP contribution in [0, 0.1) is 5.82 Å². The zero-order valence-corrected chi connectivity index (χ0v) is 12.2. The molecule has 0 fully saturated rings. The molecule has 0 spiro atoms. The van der Waals surface area contributed by atoms with Crippen LogP contribution in [0.25, 0.3) is 0 Å². The van der Waals surface area contributed by atoms with Crippen molar-refractivity contribution in [3.63, 3.8) is 0 Å². The lowest BCUT2D eigenvalue weighted by Crippen LogP contribution is -2.17. The van der Waals surface area contributed by atoms with Crippen molar-refractivity contribution in [1.29, 1.82) is 0 Å². The summed E-state index contributed by atoms with van der Waals surface area (Å²) in [7, 11) is 1.83. The van der Waals surface area contributed by atoms with Gasteiger partial charge in [-0.15, -0.1) is 11.3 Å². The van der Waals surface area contributed by atoms with Gasteiger partial charge in [0.25, 0.3) is 0 Å². The molecule has 1 heterocycles. The lowest BCUT2D eigenvalue weighted by atomic mass is 10.1. The second kappa shape index (κ2) is 5.48. The van der Waals surface area contributed by atoms with Crippen molar-refractivity contribution in [2.24, 2.45) is 0 Å². The Balaban J connectivity index is 2.42. The van der Waals surface area contributed by atoms with Crippen LogP contribution in [-0.4, -0.2) is 7.05 Å². The summed E-state index contributed by atoms with van der Waals surface area (Å²) in [5.74, 6) is -0.268. The van der Waals surface area contributed by atoms with E-state index in [1.54, 1.807) is 17.4 Å². The summed E-state index contributed by atoms with van der Waals surface area (Å²) in [4.78, 5) is 0.996. The first-order valence-electron chi connectivity index (χ1n) is 4.98. The maximum atomic E-state index is 13.5. The molecule has 0 bridgehead atoms. The van der Waals surface area contributed by atoms with Crippen LogP contribution in [0.3, 0.4) is 0 Å². The highest BCUT2D eigenvalue weighted by molar-refractivity contribution is 9.10. The van der Waals surface area contributed by atoms with Crippen molar-refractivity contribution in [2.75, 3.05) is 7.05 Å². The monoisotopic (exact) mass is 333 g/mol. The van der Waals surface area contributed by atoms with E-state index in [0.717, 1.165) is 10.4 Å². The predicted molar refractivity (Wildman–Crippen MR) is 74.3 cm³/mol. The lowest BCUT2D eigenvalue weighted by molar-refractivity contribution is 0.611. The Bertz CT molecular complexity index is 529. The van der Waals surface area contributed by atoms with Gasteiger partial charge >= 0.3 is 0 Å². The summed E-state index contributed by atoms with van der Waals surface area (Å²) < 4.78 is 14.0. The summed E-state index contributed by atoms with van der Waals surface area (Å²) in [6.45, 7) is 0. The maximum Gasteiger partial charge on any atom is 0.137 e. The van der Waals surface area contributed by atoms with E-state index < -0.39 is 0 Å². The average molecular weight is 335 g/mol. The molecule has 0 amide bonds. The Hall–Kier alpha value is -0.420. The lowest BCUT2D eigenvalue weighted by Gasteiger charge is -2.16. The highest BCUT2D eigenvalue weighted by atomic mass is 79.9. The van der Waals surface area contributed by atoms with Crippen LogP contribution in [0.4, 0.5) is 4.39 Å². The van der Waals surface area contributed by atoms with Crippen LogP contribution in [0.15, 0.2) is 34.1 Å². The van der Waals surface area contributed by atoms with Gasteiger partial charge in [0.2, 0.25) is 0 Å². The summed E-state index contributed by atoms with van der Waals surface area (Å²) in [6, 6.07) is 6.87. The molecule has 5 heteroatoms. The maximum absolute atomic E-state index is 13.5. The van der Waals surface area contributed by atoms with Crippen molar-refractivity contribution in [1.82, 2.24) is 5.32 Å². The van der Waals surface area contributed by atoms with Gasteiger partial charge in [0, 0.05) is 4.88 Å². The fraction of sp³-hybridized carbons (Fsp3) is 0.167. The Labute approximate surface area is 117 Å². The van der Waals surface area contributed by atoms with Gasteiger partial charge in [0.1, 0.15) is 5.82 Å². The number of rotatable bonds is 3. The first-order chi connectivity index (χ1) is 8.13. The van der Waals surface area contributed by atoms with E-state index in [-0.39, 0.29) is 11.9 Å². The molecule has 0 aliphatic rings. The number of halogens is 3. The number of hydrogen-bond acceptors (Lipinski definition) is 2. The summed E-state index contributed by atoms with van der Waals surface area (Å²) in [5.41, 5.74) is 0.859. The molecule has 0 saturated carbocycles. The molecule has 0 radical (unpaired) electrons. The van der Waals surface area contributed by atoms with E-state index in [0.29, 0.717) is 9.50 Å². The largest absolute Gasteiger partial charge is 0.309 e. The van der Waals surface area contributed by atoms with E-state index >= 15 is 0 Å². The third-order valence-corrected chi connectivity index (χ3v) is 4.54. The minimum Gasteiger partial charge on any atom is -0.309 e. The molecule has 0 aliphatic carbocycles. The van der Waals surface area contributed by atoms with Crippen molar-refractivity contribution >= 4 is 38.9 Å². The van der Waals surface area contributed by atoms with Crippen LogP contribution >= 0.6 is 38.9 Å². The van der Waals surface area contributed by atoms with Gasteiger partial charge < -0.3 is 5.32 Å². The summed E-state index contributed by atoms with van der Waals surface area (Å²) >= 11 is 10.8. The van der Waals surface area contributed by atoms with E-state index in [9.17, 15) is 4.39 Å². The molecule has 17 heavy (non-hydrogen) atoms. The van der Waals surface area contributed by atoms with E-state index in [2.05, 4.69) is 21.2 Å². The van der Waals surface area contributed by atoms with Crippen molar-refractivity contribution in [3.05, 3.63) is 55.4 Å². The molecule has 1 unspecified atom stereocenters. The van der Waals surface area contributed by atoms with Crippen LogP contribution in [0.5, 0.6) is 0 Å². The molecule has 1 atom stereocenters. The topological polar surface area (TPSA) is 12.0 Å². The highest BCUT2D eigenvalue weighted by Gasteiger charge is 2.17. The quantitative estimate of drug-likeness (QED) is 0.864. The normalized spacial score (nSPS) is 12.7. The molecule has 2 rings (SSSR count). The van der Waals surface area contributed by atoms with Gasteiger partial charge in [-0.2, -0.15) is 0 Å². The highest BCUT2D eigenvalue weighted by Crippen LogP contribution is 2.33. The van der Waals surface area contributed by atoms with Crippen LogP contribution in [-0.2, 0) is 0 Å². The second-order valence-corrected chi connectivity index (χ2v) is 5.74. The summed E-state index contributed by atoms with van der Waals surface area (Å²) in [5, 5.41) is 5.79. The SMILES string of the molecule is CNC(c1ccc(Br)c(F)c1)c1sccc1Cl. The third kappa shape index (κ3) is 2.71. The first kappa shape index (κ1) is 13.0. The molecule has 1 aromatic carbocycles. The average Bonchev–Trinajstić information content (AvgIpc) is 2.71. The molecule has 1 N–H and O–H groups in total. The zero-order valence-electron chi connectivity index (χ0n) is 9.01. The van der Waals surface area contributed by atoms with E-state index in [4.69, 9.17) is 11.6 Å². The number of hydrogen-bond donors (Lipinski definition) is 1.